The van der Waals surface area contributed by atoms with E-state index in [2.05, 4.69) is 24.4 Å². The van der Waals surface area contributed by atoms with Gasteiger partial charge in [0.05, 0.1) is 20.1 Å². The first-order chi connectivity index (χ1) is 14.1. The summed E-state index contributed by atoms with van der Waals surface area (Å²) in [7, 11) is 3.33. The van der Waals surface area contributed by atoms with Crippen LogP contribution in [-0.2, 0) is 11.3 Å². The molecule has 5 nitrogen and oxygen atoms in total. The van der Waals surface area contributed by atoms with Crippen LogP contribution in [0.4, 0.5) is 0 Å². The van der Waals surface area contributed by atoms with Crippen molar-refractivity contribution in [1.82, 2.24) is 10.2 Å². The Labute approximate surface area is 174 Å². The topological polar surface area (TPSA) is 50.8 Å². The number of hydrogen-bond acceptors (Lipinski definition) is 4. The molecule has 29 heavy (non-hydrogen) atoms. The van der Waals surface area contributed by atoms with Gasteiger partial charge in [-0.3, -0.25) is 4.79 Å². The van der Waals surface area contributed by atoms with Gasteiger partial charge in [0.2, 0.25) is 5.91 Å². The SMILES string of the molecule is CCC(C(=O)N1CCC(NCc2cc(OC)cc(OC)c2)CC1)c1ccccc1. The maximum Gasteiger partial charge on any atom is 0.230 e. The zero-order valence-corrected chi connectivity index (χ0v) is 17.7. The van der Waals surface area contributed by atoms with Gasteiger partial charge in [-0.15, -0.1) is 0 Å². The number of hydrogen-bond donors (Lipinski definition) is 1. The predicted octanol–water partition coefficient (Wildman–Crippen LogP) is 3.98. The first-order valence-electron chi connectivity index (χ1n) is 10.4. The van der Waals surface area contributed by atoms with Gasteiger partial charge in [-0.2, -0.15) is 0 Å². The van der Waals surface area contributed by atoms with Crippen molar-refractivity contribution in [2.45, 2.75) is 44.7 Å². The number of amides is 1. The standard InChI is InChI=1S/C24H32N2O3/c1-4-23(19-8-6-5-7-9-19)24(27)26-12-10-20(11-13-26)25-17-18-14-21(28-2)16-22(15-18)29-3/h5-9,14-16,20,23,25H,4,10-13,17H2,1-3H3. The molecule has 1 N–H and O–H groups in total. The minimum atomic E-state index is -0.0371. The summed E-state index contributed by atoms with van der Waals surface area (Å²) in [5.74, 6) is 1.82. The Morgan fingerprint density at radius 1 is 1.07 bits per heavy atom. The zero-order valence-electron chi connectivity index (χ0n) is 17.7. The third-order valence-electron chi connectivity index (χ3n) is 5.72. The molecule has 2 aromatic carbocycles. The van der Waals surface area contributed by atoms with E-state index in [1.54, 1.807) is 14.2 Å². The number of carbonyl (C=O) groups is 1. The molecular weight excluding hydrogens is 364 g/mol. The molecular formula is C24H32N2O3. The molecule has 1 fully saturated rings. The Kier molecular flexibility index (Phi) is 7.53. The lowest BCUT2D eigenvalue weighted by molar-refractivity contribution is -0.134. The van der Waals surface area contributed by atoms with Crippen molar-refractivity contribution >= 4 is 5.91 Å². The second-order valence-corrected chi connectivity index (χ2v) is 7.57. The molecule has 3 rings (SSSR count). The highest BCUT2D eigenvalue weighted by atomic mass is 16.5. The minimum absolute atomic E-state index is 0.0371. The molecule has 0 spiro atoms. The molecule has 2 aromatic rings. The number of rotatable bonds is 8. The van der Waals surface area contributed by atoms with Crippen LogP contribution in [0.5, 0.6) is 11.5 Å². The molecule has 0 aliphatic carbocycles. The fourth-order valence-electron chi connectivity index (χ4n) is 3.99. The molecule has 1 aliphatic rings. The van der Waals surface area contributed by atoms with Crippen molar-refractivity contribution in [2.24, 2.45) is 0 Å². The Morgan fingerprint density at radius 2 is 1.69 bits per heavy atom. The van der Waals surface area contributed by atoms with Gasteiger partial charge < -0.3 is 19.7 Å². The summed E-state index contributed by atoms with van der Waals surface area (Å²) in [4.78, 5) is 15.1. The molecule has 1 unspecified atom stereocenters. The van der Waals surface area contributed by atoms with Crippen LogP contribution in [0, 0.1) is 0 Å². The summed E-state index contributed by atoms with van der Waals surface area (Å²) < 4.78 is 10.7. The van der Waals surface area contributed by atoms with E-state index < -0.39 is 0 Å². The fourth-order valence-corrected chi connectivity index (χ4v) is 3.99. The van der Waals surface area contributed by atoms with Crippen LogP contribution < -0.4 is 14.8 Å². The molecule has 0 aromatic heterocycles. The summed E-state index contributed by atoms with van der Waals surface area (Å²) in [6.45, 7) is 4.46. The monoisotopic (exact) mass is 396 g/mol. The van der Waals surface area contributed by atoms with Crippen molar-refractivity contribution < 1.29 is 14.3 Å². The van der Waals surface area contributed by atoms with Crippen molar-refractivity contribution in [2.75, 3.05) is 27.3 Å². The van der Waals surface area contributed by atoms with Crippen LogP contribution in [-0.4, -0.2) is 44.2 Å². The predicted molar refractivity (Wildman–Crippen MR) is 115 cm³/mol. The van der Waals surface area contributed by atoms with Crippen LogP contribution >= 0.6 is 0 Å². The zero-order chi connectivity index (χ0) is 20.6. The van der Waals surface area contributed by atoms with Gasteiger partial charge in [-0.25, -0.2) is 0 Å². The summed E-state index contributed by atoms with van der Waals surface area (Å²) in [6.07, 6.45) is 2.77. The van der Waals surface area contributed by atoms with Crippen molar-refractivity contribution in [3.8, 4) is 11.5 Å². The van der Waals surface area contributed by atoms with E-state index in [0.29, 0.717) is 6.04 Å². The highest BCUT2D eigenvalue weighted by Gasteiger charge is 2.28. The number of piperidine rings is 1. The number of nitrogens with one attached hydrogen (secondary N) is 1. The summed E-state index contributed by atoms with van der Waals surface area (Å²) >= 11 is 0. The Bertz CT molecular complexity index is 764. The molecule has 1 aliphatic heterocycles. The van der Waals surface area contributed by atoms with Gasteiger partial charge in [-0.05, 0) is 42.5 Å². The average molecular weight is 397 g/mol. The number of benzene rings is 2. The molecule has 0 radical (unpaired) electrons. The third-order valence-corrected chi connectivity index (χ3v) is 5.72. The van der Waals surface area contributed by atoms with Crippen LogP contribution in [0.15, 0.2) is 48.5 Å². The molecule has 0 bridgehead atoms. The largest absolute Gasteiger partial charge is 0.497 e. The second kappa shape index (κ2) is 10.3. The smallest absolute Gasteiger partial charge is 0.230 e. The summed E-state index contributed by atoms with van der Waals surface area (Å²) in [5.41, 5.74) is 2.25. The summed E-state index contributed by atoms with van der Waals surface area (Å²) in [6, 6.07) is 16.5. The first-order valence-corrected chi connectivity index (χ1v) is 10.4. The maximum atomic E-state index is 13.0. The number of ether oxygens (including phenoxy) is 2. The Morgan fingerprint density at radius 3 is 2.24 bits per heavy atom. The van der Waals surface area contributed by atoms with Crippen molar-refractivity contribution in [3.05, 3.63) is 59.7 Å². The van der Waals surface area contributed by atoms with E-state index >= 15 is 0 Å². The molecule has 5 heteroatoms. The van der Waals surface area contributed by atoms with Crippen molar-refractivity contribution in [1.29, 1.82) is 0 Å². The van der Waals surface area contributed by atoms with Gasteiger partial charge in [-0.1, -0.05) is 37.3 Å². The van der Waals surface area contributed by atoms with Gasteiger partial charge in [0.15, 0.2) is 0 Å². The van der Waals surface area contributed by atoms with E-state index in [9.17, 15) is 4.79 Å². The Balaban J connectivity index is 1.52. The van der Waals surface area contributed by atoms with Gasteiger partial charge >= 0.3 is 0 Å². The third kappa shape index (κ3) is 5.51. The van der Waals surface area contributed by atoms with E-state index in [-0.39, 0.29) is 11.8 Å². The van der Waals surface area contributed by atoms with Crippen LogP contribution in [0.3, 0.4) is 0 Å². The fraction of sp³-hybridized carbons (Fsp3) is 0.458. The maximum absolute atomic E-state index is 13.0. The average Bonchev–Trinajstić information content (AvgIpc) is 2.79. The minimum Gasteiger partial charge on any atom is -0.497 e. The molecule has 1 saturated heterocycles. The van der Waals surface area contributed by atoms with Crippen LogP contribution in [0.25, 0.3) is 0 Å². The lowest BCUT2D eigenvalue weighted by atomic mass is 9.93. The van der Waals surface area contributed by atoms with Crippen LogP contribution in [0.2, 0.25) is 0 Å². The second-order valence-electron chi connectivity index (χ2n) is 7.57. The number of likely N-dealkylation sites (tertiary alicyclic amines) is 1. The summed E-state index contributed by atoms with van der Waals surface area (Å²) in [5, 5.41) is 3.63. The first kappa shape index (κ1) is 21.2. The number of carbonyl (C=O) groups excluding carboxylic acids is 1. The lowest BCUT2D eigenvalue weighted by Crippen LogP contribution is -2.46. The van der Waals surface area contributed by atoms with Gasteiger partial charge in [0.1, 0.15) is 11.5 Å². The van der Waals surface area contributed by atoms with E-state index in [1.165, 1.54) is 0 Å². The highest BCUT2D eigenvalue weighted by Crippen LogP contribution is 2.25. The van der Waals surface area contributed by atoms with Gasteiger partial charge in [0, 0.05) is 31.7 Å². The number of nitrogens with zero attached hydrogens (tertiary/aromatic N) is 1. The lowest BCUT2D eigenvalue weighted by Gasteiger charge is -2.34. The molecule has 1 heterocycles. The normalized spacial score (nSPS) is 15.8. The van der Waals surface area contributed by atoms with Gasteiger partial charge in [0.25, 0.3) is 0 Å². The van der Waals surface area contributed by atoms with Crippen molar-refractivity contribution in [3.63, 3.8) is 0 Å². The Hall–Kier alpha value is -2.53. The number of methoxy groups -OCH3 is 2. The molecule has 156 valence electrons. The highest BCUT2D eigenvalue weighted by molar-refractivity contribution is 5.83. The molecule has 1 atom stereocenters. The van der Waals surface area contributed by atoms with E-state index in [0.717, 1.165) is 61.5 Å². The van der Waals surface area contributed by atoms with E-state index in [1.807, 2.05) is 41.3 Å². The molecule has 1 amide bonds. The van der Waals surface area contributed by atoms with E-state index in [4.69, 9.17) is 9.47 Å². The molecule has 0 saturated carbocycles. The van der Waals surface area contributed by atoms with Crippen LogP contribution in [0.1, 0.15) is 43.2 Å². The quantitative estimate of drug-likeness (QED) is 0.733.